The second-order valence-corrected chi connectivity index (χ2v) is 4.30. The van der Waals surface area contributed by atoms with Gasteiger partial charge in [0.1, 0.15) is 0 Å². The van der Waals surface area contributed by atoms with Crippen LogP contribution >= 0.6 is 11.3 Å². The molecule has 5 heteroatoms. The predicted molar refractivity (Wildman–Crippen MR) is 58.2 cm³/mol. The lowest BCUT2D eigenvalue weighted by Gasteiger charge is -2.21. The minimum Gasteiger partial charge on any atom is -0.364 e. The largest absolute Gasteiger partial charge is 0.364 e. The van der Waals surface area contributed by atoms with Gasteiger partial charge in [-0.3, -0.25) is 10.3 Å². The number of hydrogen-bond acceptors (Lipinski definition) is 5. The van der Waals surface area contributed by atoms with Gasteiger partial charge in [-0.1, -0.05) is 0 Å². The van der Waals surface area contributed by atoms with Gasteiger partial charge in [-0.25, -0.2) is 0 Å². The topological polar surface area (TPSA) is 63.0 Å². The lowest BCUT2D eigenvalue weighted by molar-refractivity contribution is 0.567. The number of nitrogens with two attached hydrogens (primary N) is 1. The molecule has 0 aromatic carbocycles. The van der Waals surface area contributed by atoms with E-state index in [9.17, 15) is 0 Å². The van der Waals surface area contributed by atoms with Crippen molar-refractivity contribution in [2.75, 3.05) is 12.0 Å². The number of nitrogens with zero attached hydrogens (tertiary/aromatic N) is 1. The molecular weight excluding hydrogens is 196 g/mol. The van der Waals surface area contributed by atoms with Gasteiger partial charge in [0.25, 0.3) is 0 Å². The van der Waals surface area contributed by atoms with Crippen LogP contribution in [0.25, 0.3) is 10.1 Å². The van der Waals surface area contributed by atoms with E-state index in [2.05, 4.69) is 15.6 Å². The van der Waals surface area contributed by atoms with E-state index in [-0.39, 0.29) is 6.17 Å². The van der Waals surface area contributed by atoms with Crippen molar-refractivity contribution in [1.82, 2.24) is 10.3 Å². The van der Waals surface area contributed by atoms with E-state index in [4.69, 9.17) is 5.73 Å². The molecule has 1 atom stereocenters. The van der Waals surface area contributed by atoms with Crippen molar-refractivity contribution in [1.29, 1.82) is 0 Å². The summed E-state index contributed by atoms with van der Waals surface area (Å²) < 4.78 is 1.18. The maximum absolute atomic E-state index is 5.99. The van der Waals surface area contributed by atoms with E-state index in [1.165, 1.54) is 20.7 Å². The number of aromatic nitrogens is 1. The molecule has 0 saturated carbocycles. The third kappa shape index (κ3) is 1.03. The molecular formula is C9H10N4S. The summed E-state index contributed by atoms with van der Waals surface area (Å²) in [5.41, 5.74) is 7.16. The Balaban J connectivity index is 2.34. The standard InChI is InChI=1S/C9H10N4S/c10-8-7-5-1-2-11-3-6(5)14-9(7)13-4-12-8/h1-3,8,12-13H,4,10H2. The van der Waals surface area contributed by atoms with Gasteiger partial charge in [-0.15, -0.1) is 11.3 Å². The SMILES string of the molecule is NC1NCNc2sc3cnccc3c21. The van der Waals surface area contributed by atoms with Gasteiger partial charge < -0.3 is 11.1 Å². The van der Waals surface area contributed by atoms with Crippen LogP contribution in [0.1, 0.15) is 11.7 Å². The summed E-state index contributed by atoms with van der Waals surface area (Å²) in [6.45, 7) is 0.731. The number of thiophene rings is 1. The number of fused-ring (bicyclic) bond motifs is 3. The first kappa shape index (κ1) is 8.16. The molecule has 4 nitrogen and oxygen atoms in total. The Labute approximate surface area is 85.1 Å². The summed E-state index contributed by atoms with van der Waals surface area (Å²) in [4.78, 5) is 4.10. The Morgan fingerprint density at radius 1 is 1.57 bits per heavy atom. The fourth-order valence-corrected chi connectivity index (χ4v) is 2.87. The van der Waals surface area contributed by atoms with Crippen LogP contribution in [0.2, 0.25) is 0 Å². The first-order valence-corrected chi connectivity index (χ1v) is 5.27. The lowest BCUT2D eigenvalue weighted by atomic mass is 10.1. The maximum atomic E-state index is 5.99. The van der Waals surface area contributed by atoms with E-state index in [1.807, 2.05) is 12.3 Å². The Hall–Kier alpha value is -1.17. The highest BCUT2D eigenvalue weighted by Crippen LogP contribution is 2.38. The molecule has 0 aliphatic carbocycles. The highest BCUT2D eigenvalue weighted by molar-refractivity contribution is 7.23. The molecule has 3 heterocycles. The van der Waals surface area contributed by atoms with Crippen LogP contribution in [-0.2, 0) is 0 Å². The number of anilines is 1. The number of rotatable bonds is 0. The Morgan fingerprint density at radius 3 is 3.43 bits per heavy atom. The van der Waals surface area contributed by atoms with E-state index in [0.29, 0.717) is 0 Å². The molecule has 1 aliphatic rings. The van der Waals surface area contributed by atoms with Gasteiger partial charge in [0, 0.05) is 23.3 Å². The molecule has 0 radical (unpaired) electrons. The Kier molecular flexibility index (Phi) is 1.70. The van der Waals surface area contributed by atoms with E-state index in [1.54, 1.807) is 17.5 Å². The monoisotopic (exact) mass is 206 g/mol. The summed E-state index contributed by atoms with van der Waals surface area (Å²) >= 11 is 1.71. The second-order valence-electron chi connectivity index (χ2n) is 3.25. The minimum absolute atomic E-state index is 0.0672. The molecule has 4 N–H and O–H groups in total. The second kappa shape index (κ2) is 2.91. The maximum Gasteiger partial charge on any atom is 0.0967 e. The third-order valence-electron chi connectivity index (χ3n) is 2.41. The van der Waals surface area contributed by atoms with E-state index in [0.717, 1.165) is 6.67 Å². The predicted octanol–water partition coefficient (Wildman–Crippen LogP) is 1.23. The first-order chi connectivity index (χ1) is 6.86. The molecule has 2 aromatic heterocycles. The molecule has 72 valence electrons. The van der Waals surface area contributed by atoms with Gasteiger partial charge in [-0.05, 0) is 6.07 Å². The summed E-state index contributed by atoms with van der Waals surface area (Å²) in [7, 11) is 0. The van der Waals surface area contributed by atoms with Crippen LogP contribution in [0.3, 0.4) is 0 Å². The molecule has 14 heavy (non-hydrogen) atoms. The lowest BCUT2D eigenvalue weighted by Crippen LogP contribution is -2.36. The van der Waals surface area contributed by atoms with Crippen molar-refractivity contribution in [2.24, 2.45) is 5.73 Å². The van der Waals surface area contributed by atoms with Crippen LogP contribution in [0.5, 0.6) is 0 Å². The van der Waals surface area contributed by atoms with Crippen LogP contribution in [-0.4, -0.2) is 11.7 Å². The van der Waals surface area contributed by atoms with Gasteiger partial charge >= 0.3 is 0 Å². The summed E-state index contributed by atoms with van der Waals surface area (Å²) in [5, 5.41) is 8.82. The van der Waals surface area contributed by atoms with Crippen molar-refractivity contribution < 1.29 is 0 Å². The highest BCUT2D eigenvalue weighted by atomic mass is 32.1. The number of nitrogens with one attached hydrogen (secondary N) is 2. The molecule has 3 rings (SSSR count). The average molecular weight is 206 g/mol. The zero-order valence-electron chi connectivity index (χ0n) is 7.45. The molecule has 0 fully saturated rings. The highest BCUT2D eigenvalue weighted by Gasteiger charge is 2.20. The van der Waals surface area contributed by atoms with E-state index >= 15 is 0 Å². The summed E-state index contributed by atoms with van der Waals surface area (Å²) in [6.07, 6.45) is 3.62. The first-order valence-electron chi connectivity index (χ1n) is 4.45. The van der Waals surface area contributed by atoms with Gasteiger partial charge in [-0.2, -0.15) is 0 Å². The van der Waals surface area contributed by atoms with Crippen LogP contribution in [0.15, 0.2) is 18.5 Å². The van der Waals surface area contributed by atoms with Gasteiger partial charge in [0.2, 0.25) is 0 Å². The Bertz CT molecular complexity index is 479. The molecule has 0 spiro atoms. The smallest absolute Gasteiger partial charge is 0.0967 e. The molecule has 2 aromatic rings. The van der Waals surface area contributed by atoms with Crippen molar-refractivity contribution in [3.63, 3.8) is 0 Å². The molecule has 1 aliphatic heterocycles. The molecule has 0 saturated heterocycles. The van der Waals surface area contributed by atoms with E-state index < -0.39 is 0 Å². The number of pyridine rings is 1. The summed E-state index contributed by atoms with van der Waals surface area (Å²) in [5.74, 6) is 0. The average Bonchev–Trinajstić information content (AvgIpc) is 2.57. The molecule has 1 unspecified atom stereocenters. The van der Waals surface area contributed by atoms with Crippen LogP contribution in [0.4, 0.5) is 5.00 Å². The normalized spacial score (nSPS) is 20.5. The fourth-order valence-electron chi connectivity index (χ4n) is 1.75. The zero-order chi connectivity index (χ0) is 9.54. The quantitative estimate of drug-likeness (QED) is 0.606. The Morgan fingerprint density at radius 2 is 2.50 bits per heavy atom. The minimum atomic E-state index is -0.0672. The van der Waals surface area contributed by atoms with Gasteiger partial charge in [0.15, 0.2) is 0 Å². The van der Waals surface area contributed by atoms with Gasteiger partial charge in [0.05, 0.1) is 22.5 Å². The summed E-state index contributed by atoms with van der Waals surface area (Å²) in [6, 6.07) is 2.01. The number of hydrogen-bond donors (Lipinski definition) is 3. The fraction of sp³-hybridized carbons (Fsp3) is 0.222. The van der Waals surface area contributed by atoms with Crippen LogP contribution in [0, 0.1) is 0 Å². The molecule has 0 amide bonds. The molecule has 0 bridgehead atoms. The van der Waals surface area contributed by atoms with Crippen molar-refractivity contribution in [2.45, 2.75) is 6.17 Å². The van der Waals surface area contributed by atoms with Crippen molar-refractivity contribution >= 4 is 26.4 Å². The van der Waals surface area contributed by atoms with Crippen molar-refractivity contribution in [3.8, 4) is 0 Å². The zero-order valence-corrected chi connectivity index (χ0v) is 8.27. The third-order valence-corrected chi connectivity index (χ3v) is 3.53. The van der Waals surface area contributed by atoms with Crippen molar-refractivity contribution in [3.05, 3.63) is 24.0 Å². The van der Waals surface area contributed by atoms with Crippen LogP contribution < -0.4 is 16.4 Å².